The number of carbonyl (C=O) groups excluding carboxylic acids is 1. The van der Waals surface area contributed by atoms with E-state index in [9.17, 15) is 13.6 Å². The number of methoxy groups -OCH3 is 1. The van der Waals surface area contributed by atoms with Gasteiger partial charge in [-0.1, -0.05) is 54.2 Å². The number of thioether (sulfide) groups is 1. The lowest BCUT2D eigenvalue weighted by atomic mass is 9.99. The molecular weight excluding hydrogens is 480 g/mol. The van der Waals surface area contributed by atoms with Gasteiger partial charge in [0, 0.05) is 18.7 Å². The van der Waals surface area contributed by atoms with Gasteiger partial charge in [0.15, 0.2) is 0 Å². The normalized spacial score (nSPS) is 21.3. The first-order chi connectivity index (χ1) is 17.4. The highest BCUT2D eigenvalue weighted by atomic mass is 32.2. The smallest absolute Gasteiger partial charge is 0.273 e. The molecule has 2 aliphatic rings. The first kappa shape index (κ1) is 26.5. The van der Waals surface area contributed by atoms with E-state index in [4.69, 9.17) is 4.74 Å². The van der Waals surface area contributed by atoms with Crippen molar-refractivity contribution < 1.29 is 18.3 Å². The van der Waals surface area contributed by atoms with Crippen LogP contribution >= 0.6 is 11.8 Å². The highest BCUT2D eigenvalue weighted by Gasteiger charge is 2.49. The summed E-state index contributed by atoms with van der Waals surface area (Å²) in [5.41, 5.74) is 0.922. The van der Waals surface area contributed by atoms with Gasteiger partial charge >= 0.3 is 0 Å². The molecule has 2 aromatic carbocycles. The van der Waals surface area contributed by atoms with Crippen molar-refractivity contribution in [2.75, 3.05) is 13.7 Å². The van der Waals surface area contributed by atoms with Gasteiger partial charge in [0.1, 0.15) is 27.7 Å². The number of hydrogen-bond donors (Lipinski definition) is 1. The van der Waals surface area contributed by atoms with Gasteiger partial charge in [-0.3, -0.25) is 4.79 Å². The summed E-state index contributed by atoms with van der Waals surface area (Å²) in [6, 6.07) is 13.4. The van der Waals surface area contributed by atoms with Crippen LogP contribution < -0.4 is 5.32 Å². The van der Waals surface area contributed by atoms with E-state index < -0.39 is 22.6 Å². The molecule has 1 aliphatic heterocycles. The Morgan fingerprint density at radius 3 is 2.61 bits per heavy atom. The van der Waals surface area contributed by atoms with Crippen molar-refractivity contribution >= 4 is 22.7 Å². The fourth-order valence-corrected chi connectivity index (χ4v) is 6.09. The largest absolute Gasteiger partial charge is 0.372 e. The van der Waals surface area contributed by atoms with Crippen LogP contribution in [0.4, 0.5) is 8.78 Å². The number of ether oxygens (including phenoxy) is 1. The maximum absolute atomic E-state index is 14.8. The molecule has 4 rings (SSSR count). The molecule has 0 bridgehead atoms. The molecule has 1 unspecified atom stereocenters. The zero-order valence-corrected chi connectivity index (χ0v) is 21.6. The van der Waals surface area contributed by atoms with Crippen LogP contribution in [-0.4, -0.2) is 41.8 Å². The highest BCUT2D eigenvalue weighted by Crippen LogP contribution is 2.50. The lowest BCUT2D eigenvalue weighted by molar-refractivity contribution is -0.144. The van der Waals surface area contributed by atoms with Crippen molar-refractivity contribution in [2.45, 2.75) is 62.5 Å². The first-order valence-electron chi connectivity index (χ1n) is 12.5. The Hall–Kier alpha value is -2.55. The van der Waals surface area contributed by atoms with Crippen molar-refractivity contribution in [3.63, 3.8) is 0 Å². The van der Waals surface area contributed by atoms with E-state index in [-0.39, 0.29) is 16.5 Å². The number of nitrogens with one attached hydrogen (secondary N) is 1. The Labute approximate surface area is 216 Å². The number of hydrazone groups is 1. The van der Waals surface area contributed by atoms with Gasteiger partial charge in [0.25, 0.3) is 5.91 Å². The lowest BCUT2D eigenvalue weighted by Crippen LogP contribution is -2.46. The molecule has 5 nitrogen and oxygen atoms in total. The van der Waals surface area contributed by atoms with Crippen molar-refractivity contribution in [1.29, 1.82) is 0 Å². The maximum atomic E-state index is 14.8. The Balaban J connectivity index is 1.64. The Morgan fingerprint density at radius 1 is 1.19 bits per heavy atom. The summed E-state index contributed by atoms with van der Waals surface area (Å²) in [7, 11) is 1.47. The van der Waals surface area contributed by atoms with Crippen LogP contribution in [0.25, 0.3) is 0 Å². The maximum Gasteiger partial charge on any atom is 0.273 e. The molecule has 1 amide bonds. The highest BCUT2D eigenvalue weighted by molar-refractivity contribution is 8.15. The van der Waals surface area contributed by atoms with Gasteiger partial charge in [-0.2, -0.15) is 5.10 Å². The molecule has 0 saturated heterocycles. The number of hydrogen-bond acceptors (Lipinski definition) is 5. The molecule has 0 radical (unpaired) electrons. The molecule has 2 atom stereocenters. The molecule has 1 aliphatic carbocycles. The third-order valence-electron chi connectivity index (χ3n) is 6.75. The molecule has 0 saturated carbocycles. The predicted molar refractivity (Wildman–Crippen MR) is 141 cm³/mol. The molecule has 2 aromatic rings. The van der Waals surface area contributed by atoms with E-state index in [1.54, 1.807) is 6.92 Å². The number of rotatable bonds is 9. The van der Waals surface area contributed by atoms with Gasteiger partial charge in [-0.15, -0.1) is 0 Å². The molecule has 0 aromatic heterocycles. The molecule has 36 heavy (non-hydrogen) atoms. The summed E-state index contributed by atoms with van der Waals surface area (Å²) in [4.78, 5) is 12.6. The molecule has 8 heteroatoms. The van der Waals surface area contributed by atoms with E-state index in [1.807, 2.05) is 30.3 Å². The zero-order valence-electron chi connectivity index (χ0n) is 20.8. The number of nitrogens with zero attached hydrogens (tertiary/aromatic N) is 2. The molecule has 1 N–H and O–H groups in total. The molecule has 192 valence electrons. The fourth-order valence-electron chi connectivity index (χ4n) is 4.66. The van der Waals surface area contributed by atoms with E-state index >= 15 is 0 Å². The van der Waals surface area contributed by atoms with Gasteiger partial charge in [-0.05, 0) is 75.8 Å². The molecular formula is C28H33F2N3O2S. The minimum atomic E-state index is -0.911. The van der Waals surface area contributed by atoms with Crippen LogP contribution in [0, 0.1) is 11.6 Å². The number of halogens is 2. The summed E-state index contributed by atoms with van der Waals surface area (Å²) >= 11 is 1.30. The zero-order chi connectivity index (χ0) is 25.5. The van der Waals surface area contributed by atoms with Crippen LogP contribution in [-0.2, 0) is 14.4 Å². The number of carbonyl (C=O) groups is 1. The van der Waals surface area contributed by atoms with Gasteiger partial charge in [-0.25, -0.2) is 13.8 Å². The van der Waals surface area contributed by atoms with E-state index in [0.717, 1.165) is 62.4 Å². The summed E-state index contributed by atoms with van der Waals surface area (Å²) in [5, 5.41) is 9.96. The van der Waals surface area contributed by atoms with E-state index in [0.29, 0.717) is 12.5 Å². The van der Waals surface area contributed by atoms with Crippen LogP contribution in [0.5, 0.6) is 0 Å². The number of amides is 1. The van der Waals surface area contributed by atoms with Crippen molar-refractivity contribution in [3.05, 3.63) is 83.4 Å². The van der Waals surface area contributed by atoms with E-state index in [2.05, 4.69) is 22.6 Å². The Morgan fingerprint density at radius 2 is 1.92 bits per heavy atom. The van der Waals surface area contributed by atoms with Gasteiger partial charge in [0.2, 0.25) is 0 Å². The number of allylic oxidation sites excluding steroid dienone is 2. The van der Waals surface area contributed by atoms with Crippen LogP contribution in [0.1, 0.15) is 56.6 Å². The second-order valence-corrected chi connectivity index (χ2v) is 10.5. The van der Waals surface area contributed by atoms with Gasteiger partial charge < -0.3 is 10.1 Å². The monoisotopic (exact) mass is 513 g/mol. The lowest BCUT2D eigenvalue weighted by Gasteiger charge is -2.37. The van der Waals surface area contributed by atoms with Crippen LogP contribution in [0.15, 0.2) is 65.8 Å². The SMILES string of the molecule is CO[C@@H](C)C(=O)N1N=C(c2cc(F)ccc2F)SC1(CCCNC1CCC=CCC1)c1ccccc1. The Bertz CT molecular complexity index is 1100. The van der Waals surface area contributed by atoms with Crippen LogP contribution in [0.2, 0.25) is 0 Å². The quantitative estimate of drug-likeness (QED) is 0.332. The summed E-state index contributed by atoms with van der Waals surface area (Å²) in [6.07, 6.45) is 9.46. The summed E-state index contributed by atoms with van der Waals surface area (Å²) in [5.74, 6) is -1.47. The summed E-state index contributed by atoms with van der Waals surface area (Å²) in [6.45, 7) is 2.45. The molecule has 1 heterocycles. The standard InChI is InChI=1S/C28H33F2N3O2S/c1-20(35-2)27(34)33-28(21-11-6-5-7-12-21,17-10-18-31-23-13-8-3-4-9-14-23)36-26(32-33)24-19-22(29)15-16-25(24)30/h3-7,11-12,15-16,19-20,23,31H,8-10,13-14,17-18H2,1-2H3/t20-,28?/m0/s1. The topological polar surface area (TPSA) is 53.9 Å². The van der Waals surface area contributed by atoms with Gasteiger partial charge in [0.05, 0.1) is 0 Å². The minimum Gasteiger partial charge on any atom is -0.372 e. The average molecular weight is 514 g/mol. The first-order valence-corrected chi connectivity index (χ1v) is 13.3. The minimum absolute atomic E-state index is 0.0461. The number of benzene rings is 2. The van der Waals surface area contributed by atoms with Crippen molar-refractivity contribution in [2.24, 2.45) is 5.10 Å². The third kappa shape index (κ3) is 5.88. The Kier molecular flexibility index (Phi) is 8.93. The third-order valence-corrected chi connectivity index (χ3v) is 8.19. The summed E-state index contributed by atoms with van der Waals surface area (Å²) < 4.78 is 34.2. The predicted octanol–water partition coefficient (Wildman–Crippen LogP) is 5.96. The van der Waals surface area contributed by atoms with E-state index in [1.165, 1.54) is 23.9 Å². The van der Waals surface area contributed by atoms with Crippen molar-refractivity contribution in [3.8, 4) is 0 Å². The molecule has 0 spiro atoms. The molecule has 0 fully saturated rings. The fraction of sp³-hybridized carbons (Fsp3) is 0.429. The average Bonchev–Trinajstić information content (AvgIpc) is 3.09. The van der Waals surface area contributed by atoms with Crippen molar-refractivity contribution in [1.82, 2.24) is 10.3 Å². The second kappa shape index (κ2) is 12.1. The second-order valence-electron chi connectivity index (χ2n) is 9.19. The van der Waals surface area contributed by atoms with Crippen LogP contribution in [0.3, 0.4) is 0 Å².